The van der Waals surface area contributed by atoms with E-state index in [0.717, 1.165) is 38.3 Å². The topological polar surface area (TPSA) is 47.0 Å². The second-order valence-electron chi connectivity index (χ2n) is 7.94. The molecule has 30 heavy (non-hydrogen) atoms. The van der Waals surface area contributed by atoms with Gasteiger partial charge in [0.2, 0.25) is 0 Å². The van der Waals surface area contributed by atoms with Crippen LogP contribution in [0.15, 0.2) is 42.5 Å². The maximum atomic E-state index is 12.8. The number of hydrogen-bond acceptors (Lipinski definition) is 4. The van der Waals surface area contributed by atoms with Crippen molar-refractivity contribution in [2.24, 2.45) is 0 Å². The number of nitrogens with zero attached hydrogens (tertiary/aromatic N) is 3. The maximum Gasteiger partial charge on any atom is 0.253 e. The van der Waals surface area contributed by atoms with Crippen molar-refractivity contribution in [1.82, 2.24) is 14.7 Å². The fourth-order valence-corrected chi connectivity index (χ4v) is 4.98. The molecule has 0 spiro atoms. The van der Waals surface area contributed by atoms with Crippen LogP contribution >= 0.6 is 34.8 Å². The van der Waals surface area contributed by atoms with Crippen LogP contribution in [0.2, 0.25) is 15.1 Å². The van der Waals surface area contributed by atoms with Crippen LogP contribution in [0, 0.1) is 0 Å². The third kappa shape index (κ3) is 5.10. The van der Waals surface area contributed by atoms with Crippen molar-refractivity contribution in [1.29, 1.82) is 0 Å². The molecule has 1 amide bonds. The Balaban J connectivity index is 1.32. The number of rotatable bonds is 4. The van der Waals surface area contributed by atoms with E-state index in [-0.39, 0.29) is 11.9 Å². The summed E-state index contributed by atoms with van der Waals surface area (Å²) in [4.78, 5) is 19.2. The summed E-state index contributed by atoms with van der Waals surface area (Å²) in [5.41, 5.74) is 1.69. The fraction of sp³-hybridized carbons (Fsp3) is 0.409. The number of carbonyl (C=O) groups is 1. The van der Waals surface area contributed by atoms with Crippen LogP contribution in [0.1, 0.15) is 15.9 Å². The van der Waals surface area contributed by atoms with E-state index < -0.39 is 6.10 Å². The van der Waals surface area contributed by atoms with Gasteiger partial charge in [0.15, 0.2) is 0 Å². The first kappa shape index (κ1) is 21.9. The summed E-state index contributed by atoms with van der Waals surface area (Å²) >= 11 is 18.1. The number of hydrogen-bond donors (Lipinski definition) is 1. The van der Waals surface area contributed by atoms with Gasteiger partial charge in [0.05, 0.1) is 12.1 Å². The molecule has 0 aromatic heterocycles. The van der Waals surface area contributed by atoms with Crippen LogP contribution < -0.4 is 0 Å². The number of carbonyl (C=O) groups excluding carboxylic acids is 1. The van der Waals surface area contributed by atoms with E-state index in [1.54, 1.807) is 35.2 Å². The molecule has 4 rings (SSSR count). The summed E-state index contributed by atoms with van der Waals surface area (Å²) in [6.45, 7) is 5.15. The Kier molecular flexibility index (Phi) is 6.88. The second kappa shape index (κ2) is 9.43. The first-order valence-electron chi connectivity index (χ1n) is 10.0. The zero-order valence-electron chi connectivity index (χ0n) is 16.5. The number of aliphatic hydroxyl groups is 1. The quantitative estimate of drug-likeness (QED) is 0.744. The molecule has 2 aromatic carbocycles. The van der Waals surface area contributed by atoms with Gasteiger partial charge in [-0.2, -0.15) is 0 Å². The lowest BCUT2D eigenvalue weighted by molar-refractivity contribution is 0.0423. The summed E-state index contributed by atoms with van der Waals surface area (Å²) in [6, 6.07) is 12.5. The number of likely N-dealkylation sites (tertiary alicyclic amines) is 1. The zero-order chi connectivity index (χ0) is 21.3. The van der Waals surface area contributed by atoms with E-state index in [9.17, 15) is 9.90 Å². The largest absolute Gasteiger partial charge is 0.390 e. The van der Waals surface area contributed by atoms with Gasteiger partial charge >= 0.3 is 0 Å². The van der Waals surface area contributed by atoms with Crippen molar-refractivity contribution in [3.8, 4) is 0 Å². The summed E-state index contributed by atoms with van der Waals surface area (Å²) in [7, 11) is 0. The van der Waals surface area contributed by atoms with Crippen LogP contribution in [0.4, 0.5) is 0 Å². The van der Waals surface area contributed by atoms with Crippen molar-refractivity contribution in [2.45, 2.75) is 18.7 Å². The molecular weight excluding hydrogens is 445 g/mol. The standard InChI is InChI=1S/C22H24Cl3N3O2/c23-17-3-1-16(2-4-17)22(30)28-13-20(21(29)14-28)27-7-5-26(6-8-27)12-15-9-18(24)11-19(25)10-15/h1-4,9-11,20-21,29H,5-8,12-14H2/t20-,21-/m0/s1. The van der Waals surface area contributed by atoms with Gasteiger partial charge in [-0.15, -0.1) is 0 Å². The van der Waals surface area contributed by atoms with Crippen LogP contribution in [0.5, 0.6) is 0 Å². The summed E-state index contributed by atoms with van der Waals surface area (Å²) in [5, 5.41) is 12.5. The highest BCUT2D eigenvalue weighted by atomic mass is 35.5. The number of β-amino-alcohol motifs (C(OH)–C–C–N with tert-alkyl or cyclic N) is 1. The summed E-state index contributed by atoms with van der Waals surface area (Å²) in [5.74, 6) is -0.0651. The zero-order valence-corrected chi connectivity index (χ0v) is 18.7. The Morgan fingerprint density at radius 1 is 0.900 bits per heavy atom. The molecule has 0 aliphatic carbocycles. The number of aliphatic hydroxyl groups excluding tert-OH is 1. The monoisotopic (exact) mass is 467 g/mol. The molecule has 2 atom stereocenters. The molecule has 8 heteroatoms. The molecule has 0 radical (unpaired) electrons. The van der Waals surface area contributed by atoms with Crippen molar-refractivity contribution in [3.63, 3.8) is 0 Å². The minimum Gasteiger partial charge on any atom is -0.390 e. The molecule has 0 bridgehead atoms. The SMILES string of the molecule is O=C(c1ccc(Cl)cc1)N1C[C@H](O)[C@@H](N2CCN(Cc3cc(Cl)cc(Cl)c3)CC2)C1. The smallest absolute Gasteiger partial charge is 0.253 e. The third-order valence-corrected chi connectivity index (χ3v) is 6.53. The molecule has 2 aliphatic rings. The fourth-order valence-electron chi connectivity index (χ4n) is 4.28. The van der Waals surface area contributed by atoms with E-state index in [1.807, 2.05) is 12.1 Å². The van der Waals surface area contributed by atoms with Gasteiger partial charge < -0.3 is 10.0 Å². The maximum absolute atomic E-state index is 12.8. The van der Waals surface area contributed by atoms with Gasteiger partial charge in [-0.05, 0) is 48.0 Å². The number of piperazine rings is 1. The molecular formula is C22H24Cl3N3O2. The van der Waals surface area contributed by atoms with Crippen LogP contribution in [0.3, 0.4) is 0 Å². The molecule has 160 valence electrons. The lowest BCUT2D eigenvalue weighted by atomic mass is 10.1. The normalized spacial score (nSPS) is 23.1. The number of halogens is 3. The lowest BCUT2D eigenvalue weighted by Crippen LogP contribution is -2.53. The van der Waals surface area contributed by atoms with Crippen molar-refractivity contribution >= 4 is 40.7 Å². The average molecular weight is 469 g/mol. The molecule has 2 heterocycles. The predicted molar refractivity (Wildman–Crippen MR) is 120 cm³/mol. The third-order valence-electron chi connectivity index (χ3n) is 5.84. The number of benzene rings is 2. The summed E-state index contributed by atoms with van der Waals surface area (Å²) < 4.78 is 0. The van der Waals surface area contributed by atoms with Gasteiger partial charge in [0.25, 0.3) is 5.91 Å². The van der Waals surface area contributed by atoms with Gasteiger partial charge in [-0.1, -0.05) is 34.8 Å². The van der Waals surface area contributed by atoms with E-state index in [4.69, 9.17) is 34.8 Å². The van der Waals surface area contributed by atoms with Gasteiger partial charge in [0.1, 0.15) is 0 Å². The van der Waals surface area contributed by atoms with E-state index >= 15 is 0 Å². The predicted octanol–water partition coefficient (Wildman–Crippen LogP) is 3.65. The molecule has 2 fully saturated rings. The molecule has 1 N–H and O–H groups in total. The molecule has 2 aromatic rings. The van der Waals surface area contributed by atoms with Crippen LogP contribution in [0.25, 0.3) is 0 Å². The van der Waals surface area contributed by atoms with E-state index in [2.05, 4.69) is 9.80 Å². The minimum absolute atomic E-state index is 0.0379. The van der Waals surface area contributed by atoms with Crippen LogP contribution in [-0.2, 0) is 6.54 Å². The molecule has 2 aliphatic heterocycles. The Morgan fingerprint density at radius 2 is 1.53 bits per heavy atom. The molecule has 5 nitrogen and oxygen atoms in total. The lowest BCUT2D eigenvalue weighted by Gasteiger charge is -2.38. The molecule has 0 unspecified atom stereocenters. The summed E-state index contributed by atoms with van der Waals surface area (Å²) in [6.07, 6.45) is -0.542. The van der Waals surface area contributed by atoms with E-state index in [0.29, 0.717) is 33.7 Å². The van der Waals surface area contributed by atoms with Gasteiger partial charge in [0, 0.05) is 66.4 Å². The first-order valence-corrected chi connectivity index (χ1v) is 11.2. The number of amides is 1. The Bertz CT molecular complexity index is 881. The Morgan fingerprint density at radius 3 is 2.17 bits per heavy atom. The highest BCUT2D eigenvalue weighted by Crippen LogP contribution is 2.23. The average Bonchev–Trinajstić information content (AvgIpc) is 3.09. The minimum atomic E-state index is -0.542. The Labute approximate surface area is 191 Å². The highest BCUT2D eigenvalue weighted by Gasteiger charge is 2.38. The molecule has 0 saturated carbocycles. The Hall–Kier alpha value is -1.34. The van der Waals surface area contributed by atoms with Gasteiger partial charge in [-0.3, -0.25) is 14.6 Å². The van der Waals surface area contributed by atoms with E-state index in [1.165, 1.54) is 0 Å². The van der Waals surface area contributed by atoms with Crippen molar-refractivity contribution < 1.29 is 9.90 Å². The van der Waals surface area contributed by atoms with Crippen molar-refractivity contribution in [2.75, 3.05) is 39.3 Å². The molecule has 2 saturated heterocycles. The highest BCUT2D eigenvalue weighted by molar-refractivity contribution is 6.34. The first-order chi connectivity index (χ1) is 14.4. The van der Waals surface area contributed by atoms with Crippen molar-refractivity contribution in [3.05, 3.63) is 68.7 Å². The second-order valence-corrected chi connectivity index (χ2v) is 9.25. The van der Waals surface area contributed by atoms with Crippen LogP contribution in [-0.4, -0.2) is 77.1 Å². The van der Waals surface area contributed by atoms with Gasteiger partial charge in [-0.25, -0.2) is 0 Å².